The molecule has 1 heterocycles. The van der Waals surface area contributed by atoms with Crippen molar-refractivity contribution in [3.8, 4) is 11.6 Å². The SMILES string of the molecule is Cc1cc(CO)cc(Oc2cccc(C(C)(C)C)c2)n1. The Morgan fingerprint density at radius 2 is 1.90 bits per heavy atom. The number of benzene rings is 1. The van der Waals surface area contributed by atoms with E-state index in [2.05, 4.69) is 31.8 Å². The zero-order valence-electron chi connectivity index (χ0n) is 12.5. The van der Waals surface area contributed by atoms with Gasteiger partial charge < -0.3 is 9.84 Å². The molecule has 106 valence electrons. The summed E-state index contributed by atoms with van der Waals surface area (Å²) in [6, 6.07) is 11.6. The molecule has 2 aromatic rings. The maximum absolute atomic E-state index is 9.22. The van der Waals surface area contributed by atoms with E-state index in [1.165, 1.54) is 5.56 Å². The second-order valence-corrected chi connectivity index (χ2v) is 5.99. The van der Waals surface area contributed by atoms with Crippen molar-refractivity contribution in [3.63, 3.8) is 0 Å². The Morgan fingerprint density at radius 1 is 1.15 bits per heavy atom. The summed E-state index contributed by atoms with van der Waals surface area (Å²) in [5.41, 5.74) is 2.93. The van der Waals surface area contributed by atoms with Crippen molar-refractivity contribution in [3.05, 3.63) is 53.2 Å². The monoisotopic (exact) mass is 271 g/mol. The van der Waals surface area contributed by atoms with E-state index in [1.807, 2.05) is 31.2 Å². The van der Waals surface area contributed by atoms with E-state index in [0.717, 1.165) is 17.0 Å². The van der Waals surface area contributed by atoms with Gasteiger partial charge in [-0.25, -0.2) is 4.98 Å². The summed E-state index contributed by atoms with van der Waals surface area (Å²) in [6.07, 6.45) is 0. The number of hydrogen-bond acceptors (Lipinski definition) is 3. The molecule has 1 N–H and O–H groups in total. The highest BCUT2D eigenvalue weighted by molar-refractivity contribution is 5.35. The molecule has 0 fully saturated rings. The molecule has 0 bridgehead atoms. The summed E-state index contributed by atoms with van der Waals surface area (Å²) in [5.74, 6) is 1.28. The number of hydrogen-bond donors (Lipinski definition) is 1. The lowest BCUT2D eigenvalue weighted by atomic mass is 9.87. The number of aryl methyl sites for hydroxylation is 1. The largest absolute Gasteiger partial charge is 0.439 e. The fraction of sp³-hybridized carbons (Fsp3) is 0.353. The van der Waals surface area contributed by atoms with E-state index >= 15 is 0 Å². The first-order valence-corrected chi connectivity index (χ1v) is 6.75. The Kier molecular flexibility index (Phi) is 4.09. The molecule has 1 aromatic heterocycles. The summed E-state index contributed by atoms with van der Waals surface area (Å²) in [7, 11) is 0. The smallest absolute Gasteiger partial charge is 0.219 e. The van der Waals surface area contributed by atoms with Crippen LogP contribution in [0, 0.1) is 6.92 Å². The topological polar surface area (TPSA) is 42.4 Å². The molecule has 0 aliphatic rings. The zero-order chi connectivity index (χ0) is 14.8. The summed E-state index contributed by atoms with van der Waals surface area (Å²) in [4.78, 5) is 4.34. The van der Waals surface area contributed by atoms with Crippen molar-refractivity contribution in [1.29, 1.82) is 0 Å². The molecule has 1 aromatic carbocycles. The molecular formula is C17H21NO2. The third kappa shape index (κ3) is 3.58. The molecule has 3 nitrogen and oxygen atoms in total. The Bertz CT molecular complexity index is 600. The molecule has 0 spiro atoms. The van der Waals surface area contributed by atoms with Crippen LogP contribution in [0.2, 0.25) is 0 Å². The van der Waals surface area contributed by atoms with Crippen LogP contribution in [0.3, 0.4) is 0 Å². The van der Waals surface area contributed by atoms with Gasteiger partial charge in [0.05, 0.1) is 6.61 Å². The number of nitrogens with zero attached hydrogens (tertiary/aromatic N) is 1. The molecule has 0 saturated carbocycles. The highest BCUT2D eigenvalue weighted by atomic mass is 16.5. The van der Waals surface area contributed by atoms with Crippen LogP contribution >= 0.6 is 0 Å². The summed E-state index contributed by atoms with van der Waals surface area (Å²) >= 11 is 0. The maximum atomic E-state index is 9.22. The zero-order valence-corrected chi connectivity index (χ0v) is 12.5. The van der Waals surface area contributed by atoms with Gasteiger partial charge in [-0.2, -0.15) is 0 Å². The predicted octanol–water partition coefficient (Wildman–Crippen LogP) is 3.97. The van der Waals surface area contributed by atoms with E-state index in [-0.39, 0.29) is 12.0 Å². The molecule has 2 rings (SSSR count). The van der Waals surface area contributed by atoms with E-state index in [9.17, 15) is 5.11 Å². The molecule has 0 saturated heterocycles. The van der Waals surface area contributed by atoms with E-state index in [4.69, 9.17) is 4.74 Å². The Morgan fingerprint density at radius 3 is 2.55 bits per heavy atom. The average Bonchev–Trinajstić information content (AvgIpc) is 2.37. The molecule has 0 unspecified atom stereocenters. The van der Waals surface area contributed by atoms with Crippen molar-refractivity contribution < 1.29 is 9.84 Å². The first-order chi connectivity index (χ1) is 9.38. The molecule has 3 heteroatoms. The van der Waals surface area contributed by atoms with Crippen LogP contribution in [0.4, 0.5) is 0 Å². The molecule has 20 heavy (non-hydrogen) atoms. The van der Waals surface area contributed by atoms with Crippen molar-refractivity contribution in [2.45, 2.75) is 39.7 Å². The summed E-state index contributed by atoms with van der Waals surface area (Å²) in [5, 5.41) is 9.22. The van der Waals surface area contributed by atoms with E-state index in [0.29, 0.717) is 5.88 Å². The van der Waals surface area contributed by atoms with Gasteiger partial charge in [-0.3, -0.25) is 0 Å². The maximum Gasteiger partial charge on any atom is 0.219 e. The Hall–Kier alpha value is -1.87. The minimum atomic E-state index is -0.0122. The fourth-order valence-corrected chi connectivity index (χ4v) is 2.00. The van der Waals surface area contributed by atoms with Gasteiger partial charge in [0.1, 0.15) is 5.75 Å². The fourth-order valence-electron chi connectivity index (χ4n) is 2.00. The van der Waals surface area contributed by atoms with Crippen LogP contribution in [0.1, 0.15) is 37.6 Å². The molecule has 0 aliphatic heterocycles. The van der Waals surface area contributed by atoms with Crippen LogP contribution in [-0.2, 0) is 12.0 Å². The van der Waals surface area contributed by atoms with Gasteiger partial charge in [0.25, 0.3) is 0 Å². The number of rotatable bonds is 3. The quantitative estimate of drug-likeness (QED) is 0.918. The first-order valence-electron chi connectivity index (χ1n) is 6.75. The van der Waals surface area contributed by atoms with Crippen molar-refractivity contribution in [1.82, 2.24) is 4.98 Å². The Labute approximate surface area is 120 Å². The molecule has 0 radical (unpaired) electrons. The lowest BCUT2D eigenvalue weighted by molar-refractivity contribution is 0.281. The number of aliphatic hydroxyl groups excluding tert-OH is 1. The van der Waals surface area contributed by atoms with E-state index in [1.54, 1.807) is 6.07 Å². The van der Waals surface area contributed by atoms with Gasteiger partial charge in [0, 0.05) is 11.8 Å². The molecule has 0 atom stereocenters. The van der Waals surface area contributed by atoms with Crippen LogP contribution in [0.5, 0.6) is 11.6 Å². The molecule has 0 amide bonds. The van der Waals surface area contributed by atoms with Gasteiger partial charge >= 0.3 is 0 Å². The minimum absolute atomic E-state index is 0.0122. The number of ether oxygens (including phenoxy) is 1. The highest BCUT2D eigenvalue weighted by Crippen LogP contribution is 2.28. The number of pyridine rings is 1. The predicted molar refractivity (Wildman–Crippen MR) is 80.1 cm³/mol. The lowest BCUT2D eigenvalue weighted by Crippen LogP contribution is -2.10. The summed E-state index contributed by atoms with van der Waals surface area (Å²) in [6.45, 7) is 8.38. The second kappa shape index (κ2) is 5.63. The van der Waals surface area contributed by atoms with Gasteiger partial charge in [-0.05, 0) is 41.7 Å². The van der Waals surface area contributed by atoms with Gasteiger partial charge in [0.15, 0.2) is 0 Å². The van der Waals surface area contributed by atoms with Gasteiger partial charge in [-0.1, -0.05) is 32.9 Å². The minimum Gasteiger partial charge on any atom is -0.439 e. The van der Waals surface area contributed by atoms with Crippen LogP contribution in [0.25, 0.3) is 0 Å². The third-order valence-corrected chi connectivity index (χ3v) is 3.09. The Balaban J connectivity index is 2.28. The number of aromatic nitrogens is 1. The van der Waals surface area contributed by atoms with E-state index < -0.39 is 0 Å². The second-order valence-electron chi connectivity index (χ2n) is 5.99. The first kappa shape index (κ1) is 14.5. The van der Waals surface area contributed by atoms with Crippen LogP contribution in [-0.4, -0.2) is 10.1 Å². The summed E-state index contributed by atoms with van der Waals surface area (Å²) < 4.78 is 5.82. The highest BCUT2D eigenvalue weighted by Gasteiger charge is 2.14. The third-order valence-electron chi connectivity index (χ3n) is 3.09. The van der Waals surface area contributed by atoms with Crippen molar-refractivity contribution in [2.24, 2.45) is 0 Å². The molecular weight excluding hydrogens is 250 g/mol. The van der Waals surface area contributed by atoms with Crippen molar-refractivity contribution in [2.75, 3.05) is 0 Å². The normalized spacial score (nSPS) is 11.4. The lowest BCUT2D eigenvalue weighted by Gasteiger charge is -2.19. The standard InChI is InChI=1S/C17H21NO2/c1-12-8-13(11-19)9-16(18-12)20-15-7-5-6-14(10-15)17(2,3)4/h5-10,19H,11H2,1-4H3. The van der Waals surface area contributed by atoms with Gasteiger partial charge in [-0.15, -0.1) is 0 Å². The molecule has 0 aliphatic carbocycles. The van der Waals surface area contributed by atoms with Crippen LogP contribution in [0.15, 0.2) is 36.4 Å². The van der Waals surface area contributed by atoms with Crippen molar-refractivity contribution >= 4 is 0 Å². The van der Waals surface area contributed by atoms with Gasteiger partial charge in [0.2, 0.25) is 5.88 Å². The average molecular weight is 271 g/mol. The number of aliphatic hydroxyl groups is 1. The van der Waals surface area contributed by atoms with Crippen LogP contribution < -0.4 is 4.74 Å².